The predicted molar refractivity (Wildman–Crippen MR) is 105 cm³/mol. The summed E-state index contributed by atoms with van der Waals surface area (Å²) in [6.07, 6.45) is 1.73. The maximum Gasteiger partial charge on any atom is 0.253 e. The smallest absolute Gasteiger partial charge is 0.253 e. The molecule has 1 amide bonds. The number of carbonyl (C=O) groups is 1. The zero-order chi connectivity index (χ0) is 18.7. The van der Waals surface area contributed by atoms with Gasteiger partial charge in [0.2, 0.25) is 0 Å². The highest BCUT2D eigenvalue weighted by Crippen LogP contribution is 2.23. The summed E-state index contributed by atoms with van der Waals surface area (Å²) in [6.45, 7) is 8.81. The van der Waals surface area contributed by atoms with Crippen molar-refractivity contribution in [1.82, 2.24) is 14.9 Å². The van der Waals surface area contributed by atoms with E-state index in [0.717, 1.165) is 22.8 Å². The van der Waals surface area contributed by atoms with Crippen LogP contribution in [0.4, 0.5) is 0 Å². The number of carbonyl (C=O) groups excluding carboxylic acids is 1. The van der Waals surface area contributed by atoms with Gasteiger partial charge < -0.3 is 9.88 Å². The van der Waals surface area contributed by atoms with Gasteiger partial charge in [-0.15, -0.1) is 0 Å². The van der Waals surface area contributed by atoms with Crippen molar-refractivity contribution in [2.75, 3.05) is 0 Å². The van der Waals surface area contributed by atoms with Gasteiger partial charge >= 0.3 is 0 Å². The SMILES string of the molecule is Cc1cc(C(=O)NCc2ccccn2)c(C)n1-c1ccc(C(C)C)cc1. The summed E-state index contributed by atoms with van der Waals surface area (Å²) in [5.74, 6) is 0.428. The fourth-order valence-corrected chi connectivity index (χ4v) is 3.17. The molecule has 2 heterocycles. The van der Waals surface area contributed by atoms with Gasteiger partial charge in [0.15, 0.2) is 0 Å². The first-order valence-corrected chi connectivity index (χ1v) is 8.94. The number of hydrogen-bond donors (Lipinski definition) is 1. The molecule has 0 aliphatic heterocycles. The van der Waals surface area contributed by atoms with Crippen LogP contribution in [0.1, 0.15) is 52.8 Å². The van der Waals surface area contributed by atoms with Crippen molar-refractivity contribution in [3.05, 3.63) is 82.9 Å². The van der Waals surface area contributed by atoms with Crippen molar-refractivity contribution in [2.24, 2.45) is 0 Å². The number of pyridine rings is 1. The Bertz CT molecular complexity index is 893. The summed E-state index contributed by atoms with van der Waals surface area (Å²) in [7, 11) is 0. The Hall–Kier alpha value is -2.88. The molecule has 0 unspecified atom stereocenters. The molecular formula is C22H25N3O. The molecule has 0 saturated carbocycles. The van der Waals surface area contributed by atoms with Gasteiger partial charge in [-0.3, -0.25) is 9.78 Å². The van der Waals surface area contributed by atoms with Gasteiger partial charge in [0.05, 0.1) is 17.8 Å². The Morgan fingerprint density at radius 2 is 1.85 bits per heavy atom. The van der Waals surface area contributed by atoms with Crippen LogP contribution in [0.15, 0.2) is 54.7 Å². The van der Waals surface area contributed by atoms with Crippen LogP contribution in [0.25, 0.3) is 5.69 Å². The quantitative estimate of drug-likeness (QED) is 0.736. The Morgan fingerprint density at radius 1 is 1.12 bits per heavy atom. The Balaban J connectivity index is 1.82. The maximum atomic E-state index is 12.6. The summed E-state index contributed by atoms with van der Waals surface area (Å²) in [5.41, 5.74) is 5.92. The van der Waals surface area contributed by atoms with Gasteiger partial charge in [-0.05, 0) is 55.7 Å². The topological polar surface area (TPSA) is 46.9 Å². The van der Waals surface area contributed by atoms with Gasteiger partial charge in [0.25, 0.3) is 5.91 Å². The third-order valence-electron chi connectivity index (χ3n) is 4.65. The van der Waals surface area contributed by atoms with E-state index in [-0.39, 0.29) is 5.91 Å². The standard InChI is InChI=1S/C22H25N3O/c1-15(2)18-8-10-20(11-9-18)25-16(3)13-21(17(25)4)22(26)24-14-19-7-5-6-12-23-19/h5-13,15H,14H2,1-4H3,(H,24,26). The van der Waals surface area contributed by atoms with E-state index < -0.39 is 0 Å². The second kappa shape index (κ2) is 7.56. The molecule has 0 saturated heterocycles. The average molecular weight is 347 g/mol. The molecular weight excluding hydrogens is 322 g/mol. The molecule has 26 heavy (non-hydrogen) atoms. The third-order valence-corrected chi connectivity index (χ3v) is 4.65. The minimum Gasteiger partial charge on any atom is -0.346 e. The van der Waals surface area contributed by atoms with Crippen molar-refractivity contribution in [3.8, 4) is 5.69 Å². The number of benzene rings is 1. The molecule has 134 valence electrons. The van der Waals surface area contributed by atoms with Crippen LogP contribution in [-0.4, -0.2) is 15.5 Å². The molecule has 0 bridgehead atoms. The molecule has 3 aromatic rings. The third kappa shape index (κ3) is 3.69. The van der Waals surface area contributed by atoms with Crippen LogP contribution in [-0.2, 0) is 6.54 Å². The Labute approximate surface area is 154 Å². The number of nitrogens with one attached hydrogen (secondary N) is 1. The van der Waals surface area contributed by atoms with Crippen molar-refractivity contribution in [1.29, 1.82) is 0 Å². The number of aryl methyl sites for hydroxylation is 1. The molecule has 0 aliphatic rings. The minimum atomic E-state index is -0.0752. The summed E-state index contributed by atoms with van der Waals surface area (Å²) >= 11 is 0. The van der Waals surface area contributed by atoms with Crippen molar-refractivity contribution >= 4 is 5.91 Å². The Morgan fingerprint density at radius 3 is 2.46 bits per heavy atom. The highest BCUT2D eigenvalue weighted by Gasteiger charge is 2.16. The van der Waals surface area contributed by atoms with E-state index in [4.69, 9.17) is 0 Å². The highest BCUT2D eigenvalue weighted by atomic mass is 16.1. The van der Waals surface area contributed by atoms with Crippen LogP contribution in [0, 0.1) is 13.8 Å². The van der Waals surface area contributed by atoms with Gasteiger partial charge in [-0.25, -0.2) is 0 Å². The number of amides is 1. The zero-order valence-electron chi connectivity index (χ0n) is 15.8. The predicted octanol–water partition coefficient (Wildman–Crippen LogP) is 4.54. The van der Waals surface area contributed by atoms with Crippen LogP contribution in [0.3, 0.4) is 0 Å². The van der Waals surface area contributed by atoms with E-state index in [1.165, 1.54) is 5.56 Å². The lowest BCUT2D eigenvalue weighted by atomic mass is 10.0. The molecule has 0 aliphatic carbocycles. The van der Waals surface area contributed by atoms with Crippen molar-refractivity contribution in [3.63, 3.8) is 0 Å². The van der Waals surface area contributed by atoms with Gasteiger partial charge in [-0.2, -0.15) is 0 Å². The molecule has 0 radical (unpaired) electrons. The first-order chi connectivity index (χ1) is 12.5. The van der Waals surface area contributed by atoms with Crippen molar-refractivity contribution < 1.29 is 4.79 Å². The lowest BCUT2D eigenvalue weighted by Crippen LogP contribution is -2.23. The summed E-state index contributed by atoms with van der Waals surface area (Å²) < 4.78 is 2.12. The normalized spacial score (nSPS) is 11.0. The summed E-state index contributed by atoms with van der Waals surface area (Å²) in [6, 6.07) is 16.2. The maximum absolute atomic E-state index is 12.6. The fourth-order valence-electron chi connectivity index (χ4n) is 3.17. The van der Waals surface area contributed by atoms with Gasteiger partial charge in [0, 0.05) is 23.3 Å². The molecule has 3 rings (SSSR count). The van der Waals surface area contributed by atoms with Crippen molar-refractivity contribution in [2.45, 2.75) is 40.2 Å². The van der Waals surface area contributed by atoms with E-state index >= 15 is 0 Å². The molecule has 2 aromatic heterocycles. The molecule has 1 N–H and O–H groups in total. The average Bonchev–Trinajstić information content (AvgIpc) is 2.95. The van der Waals surface area contributed by atoms with E-state index in [2.05, 4.69) is 53.0 Å². The highest BCUT2D eigenvalue weighted by molar-refractivity contribution is 5.95. The summed E-state index contributed by atoms with van der Waals surface area (Å²) in [5, 5.41) is 2.96. The molecule has 4 heteroatoms. The molecule has 0 fully saturated rings. The molecule has 0 spiro atoms. The van der Waals surface area contributed by atoms with Crippen LogP contribution in [0.5, 0.6) is 0 Å². The Kier molecular flexibility index (Phi) is 5.21. The largest absolute Gasteiger partial charge is 0.346 e. The second-order valence-electron chi connectivity index (χ2n) is 6.87. The second-order valence-corrected chi connectivity index (χ2v) is 6.87. The minimum absolute atomic E-state index is 0.0752. The molecule has 4 nitrogen and oxygen atoms in total. The van der Waals surface area contributed by atoms with E-state index in [9.17, 15) is 4.79 Å². The molecule has 1 aromatic carbocycles. The first kappa shape index (κ1) is 17.9. The number of nitrogens with zero attached hydrogens (tertiary/aromatic N) is 2. The van der Waals surface area contributed by atoms with Crippen LogP contribution in [0.2, 0.25) is 0 Å². The van der Waals surface area contributed by atoms with Gasteiger partial charge in [0.1, 0.15) is 0 Å². The lowest BCUT2D eigenvalue weighted by Gasteiger charge is -2.12. The van der Waals surface area contributed by atoms with Crippen LogP contribution < -0.4 is 5.32 Å². The van der Waals surface area contributed by atoms with Gasteiger partial charge in [-0.1, -0.05) is 32.0 Å². The number of hydrogen-bond acceptors (Lipinski definition) is 2. The lowest BCUT2D eigenvalue weighted by molar-refractivity contribution is 0.0950. The monoisotopic (exact) mass is 347 g/mol. The first-order valence-electron chi connectivity index (χ1n) is 8.94. The molecule has 0 atom stereocenters. The fraction of sp³-hybridized carbons (Fsp3) is 0.273. The van der Waals surface area contributed by atoms with E-state index in [1.54, 1.807) is 6.20 Å². The van der Waals surface area contributed by atoms with E-state index in [1.807, 2.05) is 38.1 Å². The van der Waals surface area contributed by atoms with Crippen LogP contribution >= 0.6 is 0 Å². The number of rotatable bonds is 5. The number of aromatic nitrogens is 2. The summed E-state index contributed by atoms with van der Waals surface area (Å²) in [4.78, 5) is 16.9. The zero-order valence-corrected chi connectivity index (χ0v) is 15.8. The van der Waals surface area contributed by atoms with E-state index in [0.29, 0.717) is 18.0 Å².